The fourth-order valence-corrected chi connectivity index (χ4v) is 3.22. The van der Waals surface area contributed by atoms with Crippen LogP contribution in [-0.2, 0) is 0 Å². The number of hydrogen-bond donors (Lipinski definition) is 0. The molecule has 3 aromatic carbocycles. The van der Waals surface area contributed by atoms with Crippen LogP contribution in [0.3, 0.4) is 0 Å². The first kappa shape index (κ1) is 14.6. The third kappa shape index (κ3) is 2.56. The van der Waals surface area contributed by atoms with E-state index in [1.807, 2.05) is 6.07 Å². The number of aromatic nitrogens is 2. The van der Waals surface area contributed by atoms with Gasteiger partial charge in [0.05, 0.1) is 0 Å². The van der Waals surface area contributed by atoms with Gasteiger partial charge in [0.25, 0.3) is 0 Å². The molecule has 24 heavy (non-hydrogen) atoms. The van der Waals surface area contributed by atoms with Crippen molar-refractivity contribution in [1.82, 2.24) is 9.97 Å². The monoisotopic (exact) mass is 310 g/mol. The molecule has 0 aliphatic heterocycles. The van der Waals surface area contributed by atoms with Crippen molar-refractivity contribution in [3.63, 3.8) is 0 Å². The summed E-state index contributed by atoms with van der Waals surface area (Å²) < 4.78 is 0. The van der Waals surface area contributed by atoms with Crippen LogP contribution >= 0.6 is 0 Å². The highest BCUT2D eigenvalue weighted by Gasteiger charge is 2.09. The summed E-state index contributed by atoms with van der Waals surface area (Å²) in [4.78, 5) is 8.78. The minimum atomic E-state index is 0.763. The second-order valence-corrected chi connectivity index (χ2v) is 6.14. The summed E-state index contributed by atoms with van der Waals surface area (Å²) in [5.41, 5.74) is 6.01. The molecule has 1 aromatic heterocycles. The van der Waals surface area contributed by atoms with Gasteiger partial charge in [0.2, 0.25) is 0 Å². The number of aryl methyl sites for hydroxylation is 2. The Morgan fingerprint density at radius 3 is 2.17 bits per heavy atom. The zero-order valence-corrected chi connectivity index (χ0v) is 13.8. The Morgan fingerprint density at radius 1 is 0.667 bits per heavy atom. The standard InChI is InChI=1S/C22H18N2/c1-15-12-17(14-18(13-15)22-23-10-5-11-24-22)20-9-8-16(2)19-6-3-4-7-21(19)20/h3-14H,1-2H3. The summed E-state index contributed by atoms with van der Waals surface area (Å²) >= 11 is 0. The Hall–Kier alpha value is -3.00. The van der Waals surface area contributed by atoms with Gasteiger partial charge in [-0.1, -0.05) is 42.5 Å². The van der Waals surface area contributed by atoms with Crippen LogP contribution in [0.2, 0.25) is 0 Å². The molecule has 4 aromatic rings. The second-order valence-electron chi connectivity index (χ2n) is 6.14. The van der Waals surface area contributed by atoms with Gasteiger partial charge in [0.15, 0.2) is 5.82 Å². The number of rotatable bonds is 2. The molecule has 0 aliphatic rings. The maximum Gasteiger partial charge on any atom is 0.159 e. The molecule has 116 valence electrons. The van der Waals surface area contributed by atoms with Crippen LogP contribution in [0.5, 0.6) is 0 Å². The van der Waals surface area contributed by atoms with E-state index in [0.29, 0.717) is 0 Å². The normalized spacial score (nSPS) is 10.9. The van der Waals surface area contributed by atoms with Crippen LogP contribution in [0.4, 0.5) is 0 Å². The second kappa shape index (κ2) is 5.89. The Labute approximate surface area is 141 Å². The molecule has 0 fully saturated rings. The number of benzene rings is 3. The maximum atomic E-state index is 4.39. The lowest BCUT2D eigenvalue weighted by atomic mass is 9.93. The lowest BCUT2D eigenvalue weighted by molar-refractivity contribution is 1.17. The molecule has 0 spiro atoms. The van der Waals surface area contributed by atoms with Gasteiger partial charge in [-0.3, -0.25) is 0 Å². The molecule has 0 radical (unpaired) electrons. The molecule has 0 bridgehead atoms. The van der Waals surface area contributed by atoms with E-state index in [1.165, 1.54) is 33.0 Å². The van der Waals surface area contributed by atoms with Gasteiger partial charge in [-0.05, 0) is 65.1 Å². The summed E-state index contributed by atoms with van der Waals surface area (Å²) in [6.07, 6.45) is 3.57. The van der Waals surface area contributed by atoms with E-state index >= 15 is 0 Å². The summed E-state index contributed by atoms with van der Waals surface area (Å²) in [7, 11) is 0. The average molecular weight is 310 g/mol. The van der Waals surface area contributed by atoms with Gasteiger partial charge in [0, 0.05) is 18.0 Å². The SMILES string of the molecule is Cc1cc(-c2ncccn2)cc(-c2ccc(C)c3ccccc23)c1. The zero-order valence-electron chi connectivity index (χ0n) is 13.8. The zero-order chi connectivity index (χ0) is 16.5. The Morgan fingerprint density at radius 2 is 1.38 bits per heavy atom. The third-order valence-electron chi connectivity index (χ3n) is 4.35. The lowest BCUT2D eigenvalue weighted by Crippen LogP contribution is -1.90. The Bertz CT molecular complexity index is 1020. The van der Waals surface area contributed by atoms with E-state index in [9.17, 15) is 0 Å². The van der Waals surface area contributed by atoms with Crippen molar-refractivity contribution in [1.29, 1.82) is 0 Å². The highest BCUT2D eigenvalue weighted by atomic mass is 14.8. The molecule has 0 amide bonds. The third-order valence-corrected chi connectivity index (χ3v) is 4.35. The molecular weight excluding hydrogens is 292 g/mol. The minimum absolute atomic E-state index is 0.763. The predicted octanol–water partition coefficient (Wildman–Crippen LogP) is 5.58. The van der Waals surface area contributed by atoms with E-state index in [0.717, 1.165) is 11.4 Å². The lowest BCUT2D eigenvalue weighted by Gasteiger charge is -2.11. The molecule has 0 saturated carbocycles. The van der Waals surface area contributed by atoms with E-state index < -0.39 is 0 Å². The van der Waals surface area contributed by atoms with Crippen LogP contribution in [-0.4, -0.2) is 9.97 Å². The summed E-state index contributed by atoms with van der Waals surface area (Å²) in [5.74, 6) is 0.763. The first-order valence-corrected chi connectivity index (χ1v) is 8.10. The van der Waals surface area contributed by atoms with Gasteiger partial charge in [-0.2, -0.15) is 0 Å². The molecule has 0 saturated heterocycles. The summed E-state index contributed by atoms with van der Waals surface area (Å²) in [6, 6.07) is 21.4. The molecule has 2 heteroatoms. The Kier molecular flexibility index (Phi) is 3.58. The molecule has 4 rings (SSSR count). The van der Waals surface area contributed by atoms with Crippen molar-refractivity contribution in [2.75, 3.05) is 0 Å². The van der Waals surface area contributed by atoms with E-state index in [1.54, 1.807) is 12.4 Å². The van der Waals surface area contributed by atoms with Crippen molar-refractivity contribution in [3.05, 3.63) is 84.2 Å². The highest BCUT2D eigenvalue weighted by molar-refractivity contribution is 5.99. The largest absolute Gasteiger partial charge is 0.237 e. The van der Waals surface area contributed by atoms with Gasteiger partial charge in [0.1, 0.15) is 0 Å². The molecule has 0 N–H and O–H groups in total. The van der Waals surface area contributed by atoms with Gasteiger partial charge in [-0.25, -0.2) is 9.97 Å². The Balaban J connectivity index is 1.95. The quantitative estimate of drug-likeness (QED) is 0.483. The molecule has 0 aliphatic carbocycles. The summed E-state index contributed by atoms with van der Waals surface area (Å²) in [6.45, 7) is 4.28. The molecule has 1 heterocycles. The minimum Gasteiger partial charge on any atom is -0.237 e. The fraction of sp³-hybridized carbons (Fsp3) is 0.0909. The first-order chi connectivity index (χ1) is 11.7. The van der Waals surface area contributed by atoms with Crippen molar-refractivity contribution in [2.24, 2.45) is 0 Å². The number of nitrogens with zero attached hydrogens (tertiary/aromatic N) is 2. The van der Waals surface area contributed by atoms with Gasteiger partial charge >= 0.3 is 0 Å². The van der Waals surface area contributed by atoms with Crippen molar-refractivity contribution >= 4 is 10.8 Å². The van der Waals surface area contributed by atoms with E-state index in [-0.39, 0.29) is 0 Å². The van der Waals surface area contributed by atoms with Crippen LogP contribution in [0, 0.1) is 13.8 Å². The van der Waals surface area contributed by atoms with E-state index in [4.69, 9.17) is 0 Å². The molecule has 2 nitrogen and oxygen atoms in total. The highest BCUT2D eigenvalue weighted by Crippen LogP contribution is 2.33. The van der Waals surface area contributed by atoms with Crippen molar-refractivity contribution in [3.8, 4) is 22.5 Å². The molecule has 0 unspecified atom stereocenters. The number of fused-ring (bicyclic) bond motifs is 1. The number of hydrogen-bond acceptors (Lipinski definition) is 2. The van der Waals surface area contributed by atoms with Crippen LogP contribution in [0.1, 0.15) is 11.1 Å². The average Bonchev–Trinajstić information content (AvgIpc) is 2.62. The molecule has 0 atom stereocenters. The predicted molar refractivity (Wildman–Crippen MR) is 99.9 cm³/mol. The van der Waals surface area contributed by atoms with E-state index in [2.05, 4.69) is 78.4 Å². The smallest absolute Gasteiger partial charge is 0.159 e. The van der Waals surface area contributed by atoms with Crippen LogP contribution in [0.15, 0.2) is 73.1 Å². The summed E-state index contributed by atoms with van der Waals surface area (Å²) in [5, 5.41) is 2.58. The van der Waals surface area contributed by atoms with Gasteiger partial charge < -0.3 is 0 Å². The van der Waals surface area contributed by atoms with Crippen LogP contribution in [0.25, 0.3) is 33.3 Å². The first-order valence-electron chi connectivity index (χ1n) is 8.10. The van der Waals surface area contributed by atoms with Crippen molar-refractivity contribution in [2.45, 2.75) is 13.8 Å². The van der Waals surface area contributed by atoms with Crippen molar-refractivity contribution < 1.29 is 0 Å². The fourth-order valence-electron chi connectivity index (χ4n) is 3.22. The topological polar surface area (TPSA) is 25.8 Å². The molecular formula is C22H18N2. The van der Waals surface area contributed by atoms with Crippen LogP contribution < -0.4 is 0 Å². The maximum absolute atomic E-state index is 4.39. The van der Waals surface area contributed by atoms with Gasteiger partial charge in [-0.15, -0.1) is 0 Å².